The smallest absolute Gasteiger partial charge is 0.306 e. The Kier molecular flexibility index (Phi) is 13.5. The van der Waals surface area contributed by atoms with Crippen molar-refractivity contribution < 1.29 is 33.3 Å². The molecule has 3 aromatic rings. The lowest BCUT2D eigenvalue weighted by atomic mass is 9.91. The lowest BCUT2D eigenvalue weighted by Crippen LogP contribution is -2.41. The van der Waals surface area contributed by atoms with Gasteiger partial charge in [-0.2, -0.15) is 0 Å². The molecule has 246 valence electrons. The third-order valence-corrected chi connectivity index (χ3v) is 10.6. The second-order valence-electron chi connectivity index (χ2n) is 11.2. The minimum absolute atomic E-state index is 0.0437. The van der Waals surface area contributed by atoms with Crippen LogP contribution in [0.1, 0.15) is 74.2 Å². The molecule has 0 N–H and O–H groups in total. The van der Waals surface area contributed by atoms with E-state index in [9.17, 15) is 19.2 Å². The highest BCUT2D eigenvalue weighted by atomic mass is 33.1. The molecular formula is C33H40N4O7S2. The number of allylic oxidation sites excluding steroid dienone is 1. The van der Waals surface area contributed by atoms with Crippen LogP contribution in [0.15, 0.2) is 63.8 Å². The number of nitrogens with zero attached hydrogens (tertiary/aromatic N) is 4. The van der Waals surface area contributed by atoms with E-state index in [-0.39, 0.29) is 49.4 Å². The Morgan fingerprint density at radius 3 is 2.41 bits per heavy atom. The maximum Gasteiger partial charge on any atom is 0.306 e. The quantitative estimate of drug-likeness (QED) is 0.0988. The zero-order chi connectivity index (χ0) is 32.9. The molecule has 0 saturated heterocycles. The number of hydrogen-bond donors (Lipinski definition) is 0. The highest BCUT2D eigenvalue weighted by Crippen LogP contribution is 2.37. The largest absolute Gasteiger partial charge is 0.465 e. The van der Waals surface area contributed by atoms with Crippen LogP contribution >= 0.6 is 21.6 Å². The number of rotatable bonds is 16. The number of amides is 2. The highest BCUT2D eigenvalue weighted by molar-refractivity contribution is 8.77. The molecule has 11 nitrogen and oxygen atoms in total. The first-order chi connectivity index (χ1) is 22.2. The number of fused-ring (bicyclic) bond motifs is 1. The monoisotopic (exact) mass is 668 g/mol. The van der Waals surface area contributed by atoms with Crippen molar-refractivity contribution in [1.29, 1.82) is 0 Å². The molecule has 0 spiro atoms. The second kappa shape index (κ2) is 17.7. The zero-order valence-electron chi connectivity index (χ0n) is 26.4. The van der Waals surface area contributed by atoms with Crippen molar-refractivity contribution in [3.8, 4) is 0 Å². The molecule has 1 aliphatic carbocycles. The number of hydrogen-bond acceptors (Lipinski definition) is 11. The molecule has 1 fully saturated rings. The van der Waals surface area contributed by atoms with Gasteiger partial charge in [0.15, 0.2) is 0 Å². The van der Waals surface area contributed by atoms with Gasteiger partial charge in [0.1, 0.15) is 17.1 Å². The number of ether oxygens (including phenoxy) is 2. The van der Waals surface area contributed by atoms with Crippen molar-refractivity contribution in [1.82, 2.24) is 20.1 Å². The Labute approximate surface area is 276 Å². The molecule has 0 unspecified atom stereocenters. The minimum Gasteiger partial charge on any atom is -0.465 e. The van der Waals surface area contributed by atoms with E-state index >= 15 is 0 Å². The van der Waals surface area contributed by atoms with Gasteiger partial charge in [0.05, 0.1) is 6.61 Å². The van der Waals surface area contributed by atoms with Crippen LogP contribution in [0.5, 0.6) is 0 Å². The van der Waals surface area contributed by atoms with E-state index in [1.165, 1.54) is 10.5 Å². The Bertz CT molecular complexity index is 1510. The molecule has 1 aromatic heterocycles. The van der Waals surface area contributed by atoms with Crippen molar-refractivity contribution in [2.75, 3.05) is 20.7 Å². The molecule has 1 saturated carbocycles. The van der Waals surface area contributed by atoms with Crippen molar-refractivity contribution in [3.05, 3.63) is 70.3 Å². The summed E-state index contributed by atoms with van der Waals surface area (Å²) in [7, 11) is 6.72. The Morgan fingerprint density at radius 1 is 0.957 bits per heavy atom. The van der Waals surface area contributed by atoms with E-state index < -0.39 is 0 Å². The summed E-state index contributed by atoms with van der Waals surface area (Å²) in [4.78, 5) is 53.3. The Morgan fingerprint density at radius 2 is 1.67 bits per heavy atom. The predicted molar refractivity (Wildman–Crippen MR) is 177 cm³/mol. The fourth-order valence-corrected chi connectivity index (χ4v) is 7.67. The molecule has 2 amide bonds. The van der Waals surface area contributed by atoms with Gasteiger partial charge in [0.2, 0.25) is 6.41 Å². The predicted octanol–water partition coefficient (Wildman–Crippen LogP) is 6.15. The van der Waals surface area contributed by atoms with Crippen LogP contribution in [0.25, 0.3) is 11.0 Å². The molecule has 1 aliphatic rings. The average Bonchev–Trinajstić information content (AvgIpc) is 3.55. The Balaban J connectivity index is 1.11. The molecule has 46 heavy (non-hydrogen) atoms. The van der Waals surface area contributed by atoms with Gasteiger partial charge in [0, 0.05) is 61.3 Å². The van der Waals surface area contributed by atoms with Gasteiger partial charge in [-0.1, -0.05) is 51.9 Å². The summed E-state index contributed by atoms with van der Waals surface area (Å²) in [5.74, 6) is -0.00192. The summed E-state index contributed by atoms with van der Waals surface area (Å²) in [6, 6.07) is 15.2. The molecule has 2 aromatic carbocycles. The molecule has 13 heteroatoms. The van der Waals surface area contributed by atoms with E-state index in [2.05, 4.69) is 22.4 Å². The fourth-order valence-electron chi connectivity index (χ4n) is 5.09. The van der Waals surface area contributed by atoms with Gasteiger partial charge in [-0.25, -0.2) is 4.63 Å². The SMILES string of the molecule is C/C(=C(\CCOC(=O)CCCC(=O)O[C@H]1CC[C@H](N(C)C(=O)c2ccc3nonc3c2)CC1)SSCc1ccccc1)N(C)C=O. The first kappa shape index (κ1) is 35.0. The van der Waals surface area contributed by atoms with E-state index in [0.29, 0.717) is 42.3 Å². The van der Waals surface area contributed by atoms with Crippen LogP contribution in [0.3, 0.4) is 0 Å². The standard InChI is InChI=1S/C33H40N4O7S2/c1-23(36(2)22-38)30(46-45-21-24-8-5-4-6-9-24)18-19-42-31(39)10-7-11-32(40)43-27-15-13-26(14-16-27)37(3)33(41)25-12-17-28-29(20-25)35-44-34-28/h4-6,8-9,12,17,20,22,26-27H,7,10-11,13-16,18-19,21H2,1-3H3/b30-23-/t26-,27-. The van der Waals surface area contributed by atoms with Gasteiger partial charge in [-0.05, 0) is 73.1 Å². The summed E-state index contributed by atoms with van der Waals surface area (Å²) >= 11 is 0. The summed E-state index contributed by atoms with van der Waals surface area (Å²) in [5, 5.41) is 7.58. The third-order valence-electron chi connectivity index (χ3n) is 7.98. The van der Waals surface area contributed by atoms with Crippen LogP contribution in [-0.2, 0) is 29.6 Å². The molecule has 1 heterocycles. The van der Waals surface area contributed by atoms with Crippen LogP contribution < -0.4 is 0 Å². The second-order valence-corrected chi connectivity index (χ2v) is 13.6. The van der Waals surface area contributed by atoms with Gasteiger partial charge in [-0.15, -0.1) is 0 Å². The van der Waals surface area contributed by atoms with E-state index in [1.807, 2.05) is 25.1 Å². The normalized spacial score (nSPS) is 16.8. The van der Waals surface area contributed by atoms with Gasteiger partial charge in [-0.3, -0.25) is 19.2 Å². The van der Waals surface area contributed by atoms with E-state index in [0.717, 1.165) is 35.6 Å². The highest BCUT2D eigenvalue weighted by Gasteiger charge is 2.29. The maximum atomic E-state index is 13.0. The summed E-state index contributed by atoms with van der Waals surface area (Å²) in [6.45, 7) is 2.06. The van der Waals surface area contributed by atoms with Gasteiger partial charge < -0.3 is 19.3 Å². The van der Waals surface area contributed by atoms with E-state index in [4.69, 9.17) is 14.1 Å². The maximum absolute atomic E-state index is 13.0. The van der Waals surface area contributed by atoms with Crippen LogP contribution in [0.4, 0.5) is 0 Å². The molecule has 0 radical (unpaired) electrons. The Hall–Kier alpha value is -3.84. The zero-order valence-corrected chi connectivity index (χ0v) is 28.0. The molecule has 0 aliphatic heterocycles. The lowest BCUT2D eigenvalue weighted by Gasteiger charge is -2.34. The minimum atomic E-state index is -0.373. The van der Waals surface area contributed by atoms with Crippen LogP contribution in [0.2, 0.25) is 0 Å². The molecule has 4 rings (SSSR count). The first-order valence-electron chi connectivity index (χ1n) is 15.3. The van der Waals surface area contributed by atoms with Gasteiger partial charge in [0.25, 0.3) is 5.91 Å². The lowest BCUT2D eigenvalue weighted by molar-refractivity contribution is -0.151. The van der Waals surface area contributed by atoms with Crippen LogP contribution in [0, 0.1) is 0 Å². The van der Waals surface area contributed by atoms with Gasteiger partial charge >= 0.3 is 11.9 Å². The number of carbonyl (C=O) groups excluding carboxylic acids is 4. The number of carbonyl (C=O) groups is 4. The summed E-state index contributed by atoms with van der Waals surface area (Å²) < 4.78 is 15.8. The topological polar surface area (TPSA) is 132 Å². The van der Waals surface area contributed by atoms with E-state index in [1.54, 1.807) is 58.8 Å². The molecule has 0 atom stereocenters. The average molecular weight is 669 g/mol. The summed E-state index contributed by atoms with van der Waals surface area (Å²) in [5.41, 5.74) is 3.67. The van der Waals surface area contributed by atoms with Crippen LogP contribution in [-0.4, -0.2) is 77.2 Å². The van der Waals surface area contributed by atoms with Crippen molar-refractivity contribution in [2.45, 2.75) is 76.2 Å². The van der Waals surface area contributed by atoms with Crippen molar-refractivity contribution >= 4 is 56.9 Å². The number of esters is 2. The molecule has 0 bridgehead atoms. The summed E-state index contributed by atoms with van der Waals surface area (Å²) in [6.07, 6.45) is 4.41. The number of aromatic nitrogens is 2. The third kappa shape index (κ3) is 10.3. The number of benzene rings is 2. The fraction of sp³-hybridized carbons (Fsp3) is 0.455. The van der Waals surface area contributed by atoms with Crippen molar-refractivity contribution in [3.63, 3.8) is 0 Å². The molecular weight excluding hydrogens is 629 g/mol. The van der Waals surface area contributed by atoms with Crippen molar-refractivity contribution in [2.24, 2.45) is 0 Å². The first-order valence-corrected chi connectivity index (χ1v) is 17.6.